The molecule has 2 heterocycles. The van der Waals surface area contributed by atoms with Gasteiger partial charge in [0.2, 0.25) is 5.91 Å². The average molecular weight is 488 g/mol. The van der Waals surface area contributed by atoms with E-state index >= 15 is 0 Å². The Kier molecular flexibility index (Phi) is 5.68. The minimum absolute atomic E-state index is 0.148. The smallest absolute Gasteiger partial charge is 0.236 e. The van der Waals surface area contributed by atoms with E-state index in [1.165, 1.54) is 0 Å². The van der Waals surface area contributed by atoms with Crippen molar-refractivity contribution >= 4 is 34.6 Å². The molecule has 3 aromatic carbocycles. The Hall–Kier alpha value is -3.58. The number of ether oxygens (including phenoxy) is 2. The lowest BCUT2D eigenvalue weighted by atomic mass is 9.78. The minimum atomic E-state index is -1.11. The summed E-state index contributed by atoms with van der Waals surface area (Å²) in [6, 6.07) is 19.4. The van der Waals surface area contributed by atoms with Crippen molar-refractivity contribution in [2.24, 2.45) is 5.92 Å². The number of thiocarbonyl (C=S) groups is 1. The number of aryl methyl sites for hydroxylation is 3. The molecule has 3 aromatic rings. The van der Waals surface area contributed by atoms with Gasteiger partial charge in [-0.3, -0.25) is 9.69 Å². The van der Waals surface area contributed by atoms with Crippen molar-refractivity contribution < 1.29 is 14.3 Å². The van der Waals surface area contributed by atoms with Gasteiger partial charge in [-0.1, -0.05) is 42.0 Å². The summed E-state index contributed by atoms with van der Waals surface area (Å²) in [4.78, 5) is 15.9. The van der Waals surface area contributed by atoms with Gasteiger partial charge in [0.15, 0.2) is 22.3 Å². The topological polar surface area (TPSA) is 62.8 Å². The van der Waals surface area contributed by atoms with Crippen LogP contribution in [0.5, 0.6) is 11.5 Å². The summed E-state index contributed by atoms with van der Waals surface area (Å²) in [5.41, 5.74) is 4.60. The van der Waals surface area contributed by atoms with Crippen LogP contribution in [0.15, 0.2) is 60.7 Å². The summed E-state index contributed by atoms with van der Waals surface area (Å²) in [7, 11) is 1.62. The van der Waals surface area contributed by atoms with E-state index in [0.717, 1.165) is 33.6 Å². The van der Waals surface area contributed by atoms with E-state index in [1.807, 2.05) is 87.2 Å². The van der Waals surface area contributed by atoms with Crippen LogP contribution >= 0.6 is 12.2 Å². The number of anilines is 2. The minimum Gasteiger partial charge on any atom is -0.493 e. The molecule has 3 unspecified atom stereocenters. The number of amides is 1. The number of hydrogen-bond acceptors (Lipinski definition) is 4. The summed E-state index contributed by atoms with van der Waals surface area (Å²) < 4.78 is 12.3. The number of rotatable bonds is 4. The maximum Gasteiger partial charge on any atom is 0.236 e. The first-order valence-electron chi connectivity index (χ1n) is 11.6. The van der Waals surface area contributed by atoms with Crippen LogP contribution in [0.1, 0.15) is 35.2 Å². The van der Waals surface area contributed by atoms with Gasteiger partial charge < -0.3 is 20.1 Å². The van der Waals surface area contributed by atoms with E-state index in [4.69, 9.17) is 21.7 Å². The summed E-state index contributed by atoms with van der Waals surface area (Å²) in [5, 5.41) is 7.12. The number of fused-ring (bicyclic) bond motifs is 4. The predicted molar refractivity (Wildman–Crippen MR) is 142 cm³/mol. The first kappa shape index (κ1) is 23.2. The molecule has 3 atom stereocenters. The maximum absolute atomic E-state index is 14.0. The van der Waals surface area contributed by atoms with Gasteiger partial charge in [0.05, 0.1) is 13.2 Å². The largest absolute Gasteiger partial charge is 0.493 e. The molecule has 2 N–H and O–H groups in total. The van der Waals surface area contributed by atoms with Crippen LogP contribution in [0, 0.1) is 26.7 Å². The molecule has 1 saturated heterocycles. The molecule has 6 nitrogen and oxygen atoms in total. The zero-order valence-corrected chi connectivity index (χ0v) is 21.3. The lowest BCUT2D eigenvalue weighted by Gasteiger charge is -2.56. The predicted octanol–water partition coefficient (Wildman–Crippen LogP) is 5.42. The molecular weight excluding hydrogens is 458 g/mol. The lowest BCUT2D eigenvalue weighted by molar-refractivity contribution is -0.130. The summed E-state index contributed by atoms with van der Waals surface area (Å²) >= 11 is 5.85. The van der Waals surface area contributed by atoms with Crippen molar-refractivity contribution in [1.29, 1.82) is 0 Å². The van der Waals surface area contributed by atoms with Gasteiger partial charge in [0.25, 0.3) is 0 Å². The summed E-state index contributed by atoms with van der Waals surface area (Å²) in [5.74, 6) is 0.470. The highest BCUT2D eigenvalue weighted by molar-refractivity contribution is 7.80. The van der Waals surface area contributed by atoms with E-state index in [9.17, 15) is 4.79 Å². The van der Waals surface area contributed by atoms with E-state index in [0.29, 0.717) is 16.6 Å². The van der Waals surface area contributed by atoms with Gasteiger partial charge in [-0.15, -0.1) is 0 Å². The zero-order chi connectivity index (χ0) is 24.9. The monoisotopic (exact) mass is 487 g/mol. The molecule has 0 aliphatic carbocycles. The fourth-order valence-electron chi connectivity index (χ4n) is 5.25. The molecular formula is C28H29N3O3S. The Morgan fingerprint density at radius 1 is 1.09 bits per heavy atom. The fourth-order valence-corrected chi connectivity index (χ4v) is 5.66. The van der Waals surface area contributed by atoms with Crippen LogP contribution in [0.4, 0.5) is 11.4 Å². The second-order valence-corrected chi connectivity index (χ2v) is 9.81. The van der Waals surface area contributed by atoms with Crippen molar-refractivity contribution in [2.75, 3.05) is 17.3 Å². The van der Waals surface area contributed by atoms with Crippen molar-refractivity contribution in [1.82, 2.24) is 5.32 Å². The third kappa shape index (κ3) is 3.80. The molecule has 1 amide bonds. The lowest BCUT2D eigenvalue weighted by Crippen LogP contribution is -2.72. The highest BCUT2D eigenvalue weighted by Crippen LogP contribution is 2.52. The fraction of sp³-hybridized carbons (Fsp3) is 0.286. The molecule has 2 bridgehead atoms. The Labute approximate surface area is 211 Å². The molecule has 35 heavy (non-hydrogen) atoms. The standard InChI is InChI=1S/C28H29N3O3S/c1-16-8-6-9-19(15-16)31-27(35)30-24-20-10-7-11-22(33-5)25(20)34-28(31,4)23(24)26(32)29-21-13-12-17(2)14-18(21)3/h6-15,23-24H,1-5H3,(H,29,32)(H,30,35). The van der Waals surface area contributed by atoms with Gasteiger partial charge >= 0.3 is 0 Å². The molecule has 2 aliphatic heterocycles. The molecule has 0 saturated carbocycles. The number of methoxy groups -OCH3 is 1. The summed E-state index contributed by atoms with van der Waals surface area (Å²) in [6.07, 6.45) is 0. The van der Waals surface area contributed by atoms with Crippen LogP contribution in [0.25, 0.3) is 0 Å². The van der Waals surface area contributed by atoms with E-state index < -0.39 is 17.7 Å². The molecule has 0 aromatic heterocycles. The van der Waals surface area contributed by atoms with Gasteiger partial charge in [0.1, 0.15) is 5.92 Å². The number of carbonyl (C=O) groups excluding carboxylic acids is 1. The Morgan fingerprint density at radius 3 is 2.54 bits per heavy atom. The molecule has 180 valence electrons. The SMILES string of the molecule is COc1cccc2c1OC1(C)C(C(=O)Nc3ccc(C)cc3C)C2NC(=S)N1c1cccc(C)c1. The number of carbonyl (C=O) groups is 1. The van der Waals surface area contributed by atoms with Crippen molar-refractivity contribution in [3.63, 3.8) is 0 Å². The second kappa shape index (κ2) is 8.57. The highest BCUT2D eigenvalue weighted by Gasteiger charge is 2.59. The average Bonchev–Trinajstić information content (AvgIpc) is 2.80. The first-order chi connectivity index (χ1) is 16.7. The number of benzene rings is 3. The van der Waals surface area contributed by atoms with Gasteiger partial charge in [-0.25, -0.2) is 0 Å². The van der Waals surface area contributed by atoms with Crippen molar-refractivity contribution in [3.8, 4) is 11.5 Å². The first-order valence-corrected chi connectivity index (χ1v) is 12.0. The van der Waals surface area contributed by atoms with E-state index in [2.05, 4.69) is 16.7 Å². The number of para-hydroxylation sites is 1. The van der Waals surface area contributed by atoms with Gasteiger partial charge in [-0.05, 0) is 75.3 Å². The van der Waals surface area contributed by atoms with Crippen LogP contribution < -0.4 is 25.0 Å². The van der Waals surface area contributed by atoms with Crippen LogP contribution in [0.3, 0.4) is 0 Å². The quantitative estimate of drug-likeness (QED) is 0.479. The Morgan fingerprint density at radius 2 is 1.83 bits per heavy atom. The van der Waals surface area contributed by atoms with Crippen LogP contribution in [-0.4, -0.2) is 23.9 Å². The van der Waals surface area contributed by atoms with Gasteiger partial charge in [0, 0.05) is 16.9 Å². The van der Waals surface area contributed by atoms with Crippen molar-refractivity contribution in [2.45, 2.75) is 39.5 Å². The van der Waals surface area contributed by atoms with Gasteiger partial charge in [-0.2, -0.15) is 0 Å². The number of nitrogens with zero attached hydrogens (tertiary/aromatic N) is 1. The zero-order valence-electron chi connectivity index (χ0n) is 20.5. The molecule has 0 spiro atoms. The normalized spacial score (nSPS) is 22.5. The van der Waals surface area contributed by atoms with Crippen LogP contribution in [0.2, 0.25) is 0 Å². The molecule has 7 heteroatoms. The van der Waals surface area contributed by atoms with E-state index in [1.54, 1.807) is 7.11 Å². The Bertz CT molecular complexity index is 1340. The highest BCUT2D eigenvalue weighted by atomic mass is 32.1. The molecule has 5 rings (SSSR count). The van der Waals surface area contributed by atoms with Crippen LogP contribution in [-0.2, 0) is 4.79 Å². The third-order valence-corrected chi connectivity index (χ3v) is 7.19. The molecule has 0 radical (unpaired) electrons. The third-order valence-electron chi connectivity index (χ3n) is 6.89. The Balaban J connectivity index is 1.65. The second-order valence-electron chi connectivity index (χ2n) is 9.42. The number of nitrogens with one attached hydrogen (secondary N) is 2. The van der Waals surface area contributed by atoms with Crippen molar-refractivity contribution in [3.05, 3.63) is 82.9 Å². The maximum atomic E-state index is 14.0. The number of hydrogen-bond donors (Lipinski definition) is 2. The molecule has 2 aliphatic rings. The molecule has 1 fully saturated rings. The van der Waals surface area contributed by atoms with E-state index in [-0.39, 0.29) is 5.91 Å². The summed E-state index contributed by atoms with van der Waals surface area (Å²) in [6.45, 7) is 7.99.